The summed E-state index contributed by atoms with van der Waals surface area (Å²) in [5.74, 6) is -0.595. The molecule has 0 N–H and O–H groups in total. The molecule has 0 radical (unpaired) electrons. The number of nitro groups is 1. The van der Waals surface area contributed by atoms with Crippen LogP contribution < -0.4 is 4.90 Å². The fraction of sp³-hybridized carbons (Fsp3) is 0.333. The first-order valence-corrected chi connectivity index (χ1v) is 10.9. The van der Waals surface area contributed by atoms with Gasteiger partial charge in [0.2, 0.25) is 0 Å². The molecular formula is C24H26N4O4. The number of hydrogen-bond acceptors (Lipinski definition) is 6. The number of unbranched alkanes of at least 4 members (excludes halogenated alkanes) is 1. The van der Waals surface area contributed by atoms with Gasteiger partial charge in [-0.3, -0.25) is 24.6 Å². The molecular weight excluding hydrogens is 408 g/mol. The van der Waals surface area contributed by atoms with Crippen LogP contribution in [0, 0.1) is 10.1 Å². The lowest BCUT2D eigenvalue weighted by Crippen LogP contribution is -2.47. The quantitative estimate of drug-likeness (QED) is 0.378. The summed E-state index contributed by atoms with van der Waals surface area (Å²) in [6.07, 6.45) is 1.61. The van der Waals surface area contributed by atoms with Gasteiger partial charge in [-0.05, 0) is 36.2 Å². The number of piperazine rings is 1. The first-order chi connectivity index (χ1) is 15.5. The second-order valence-electron chi connectivity index (χ2n) is 7.95. The van der Waals surface area contributed by atoms with Gasteiger partial charge in [0.05, 0.1) is 10.5 Å². The van der Waals surface area contributed by atoms with Crippen molar-refractivity contribution in [3.05, 3.63) is 76.0 Å². The van der Waals surface area contributed by atoms with Crippen LogP contribution >= 0.6 is 0 Å². The van der Waals surface area contributed by atoms with E-state index < -0.39 is 4.92 Å². The summed E-state index contributed by atoms with van der Waals surface area (Å²) in [5, 5.41) is 11.0. The zero-order valence-corrected chi connectivity index (χ0v) is 18.1. The van der Waals surface area contributed by atoms with E-state index in [4.69, 9.17) is 0 Å². The van der Waals surface area contributed by atoms with Crippen molar-refractivity contribution in [3.8, 4) is 0 Å². The summed E-state index contributed by atoms with van der Waals surface area (Å²) in [6, 6.07) is 16.0. The smallest absolute Gasteiger partial charge is 0.277 e. The Hall–Kier alpha value is -3.68. The van der Waals surface area contributed by atoms with Crippen molar-refractivity contribution in [3.63, 3.8) is 0 Å². The number of carbonyl (C=O) groups is 2. The third-order valence-electron chi connectivity index (χ3n) is 5.96. The maximum atomic E-state index is 13.3. The maximum absolute atomic E-state index is 13.3. The Labute approximate surface area is 186 Å². The topological polar surface area (TPSA) is 87.0 Å². The number of benzene rings is 2. The Bertz CT molecular complexity index is 1040. The molecule has 1 fully saturated rings. The number of imide groups is 1. The highest BCUT2D eigenvalue weighted by Gasteiger charge is 2.41. The Morgan fingerprint density at radius 3 is 2.09 bits per heavy atom. The molecule has 0 aromatic heterocycles. The average molecular weight is 434 g/mol. The Morgan fingerprint density at radius 1 is 0.875 bits per heavy atom. The summed E-state index contributed by atoms with van der Waals surface area (Å²) in [4.78, 5) is 42.7. The van der Waals surface area contributed by atoms with Gasteiger partial charge in [0.1, 0.15) is 5.70 Å². The fourth-order valence-corrected chi connectivity index (χ4v) is 4.21. The van der Waals surface area contributed by atoms with Gasteiger partial charge in [-0.15, -0.1) is 0 Å². The van der Waals surface area contributed by atoms with Crippen LogP contribution in [0.4, 0.5) is 11.4 Å². The second-order valence-corrected chi connectivity index (χ2v) is 7.95. The molecule has 0 atom stereocenters. The van der Waals surface area contributed by atoms with E-state index in [9.17, 15) is 19.7 Å². The predicted octanol–water partition coefficient (Wildman–Crippen LogP) is 3.30. The second kappa shape index (κ2) is 9.21. The highest BCUT2D eigenvalue weighted by atomic mass is 16.6. The van der Waals surface area contributed by atoms with Crippen molar-refractivity contribution in [1.29, 1.82) is 0 Å². The largest absolute Gasteiger partial charge is 0.368 e. The lowest BCUT2D eigenvalue weighted by molar-refractivity contribution is -0.384. The van der Waals surface area contributed by atoms with Gasteiger partial charge in [-0.25, -0.2) is 0 Å². The molecule has 2 amide bonds. The van der Waals surface area contributed by atoms with E-state index in [0.717, 1.165) is 31.6 Å². The number of carbonyl (C=O) groups excluding carboxylic acids is 2. The number of rotatable bonds is 7. The van der Waals surface area contributed by atoms with Crippen LogP contribution in [-0.2, 0) is 9.59 Å². The Balaban J connectivity index is 1.64. The monoisotopic (exact) mass is 434 g/mol. The number of amides is 2. The third-order valence-corrected chi connectivity index (χ3v) is 5.96. The third kappa shape index (κ3) is 4.08. The minimum absolute atomic E-state index is 0.0491. The summed E-state index contributed by atoms with van der Waals surface area (Å²) < 4.78 is 0. The number of nitro benzene ring substituents is 1. The van der Waals surface area contributed by atoms with Crippen LogP contribution in [0.2, 0.25) is 0 Å². The molecule has 2 aliphatic rings. The van der Waals surface area contributed by atoms with E-state index in [1.807, 2.05) is 30.0 Å². The van der Waals surface area contributed by atoms with E-state index in [0.29, 0.717) is 36.5 Å². The predicted molar refractivity (Wildman–Crippen MR) is 122 cm³/mol. The van der Waals surface area contributed by atoms with E-state index in [1.54, 1.807) is 12.1 Å². The average Bonchev–Trinajstić information content (AvgIpc) is 3.07. The molecule has 0 spiro atoms. The van der Waals surface area contributed by atoms with Crippen molar-refractivity contribution >= 4 is 28.8 Å². The zero-order chi connectivity index (χ0) is 22.7. The number of non-ortho nitro benzene ring substituents is 1. The van der Waals surface area contributed by atoms with Gasteiger partial charge in [0.15, 0.2) is 0 Å². The first kappa shape index (κ1) is 21.5. The van der Waals surface area contributed by atoms with Crippen molar-refractivity contribution in [2.75, 3.05) is 37.6 Å². The lowest BCUT2D eigenvalue weighted by Gasteiger charge is -2.37. The van der Waals surface area contributed by atoms with Crippen LogP contribution in [0.15, 0.2) is 60.3 Å². The van der Waals surface area contributed by atoms with E-state index >= 15 is 0 Å². The molecule has 0 unspecified atom stereocenters. The van der Waals surface area contributed by atoms with Crippen molar-refractivity contribution < 1.29 is 14.5 Å². The molecule has 0 saturated carbocycles. The standard InChI is InChI=1S/C24H26N4O4/c1-2-3-13-27-23(29)21(18-9-11-20(12-10-18)28(31)32)22(24(27)30)26-16-14-25(15-17-26)19-7-5-4-6-8-19/h4-12H,2-3,13-17H2,1H3. The van der Waals surface area contributed by atoms with Crippen LogP contribution in [-0.4, -0.2) is 59.3 Å². The van der Waals surface area contributed by atoms with Crippen molar-refractivity contribution in [2.45, 2.75) is 19.8 Å². The molecule has 8 nitrogen and oxygen atoms in total. The maximum Gasteiger partial charge on any atom is 0.277 e. The number of anilines is 1. The Kier molecular flexibility index (Phi) is 6.20. The highest BCUT2D eigenvalue weighted by Crippen LogP contribution is 2.33. The number of para-hydroxylation sites is 1. The van der Waals surface area contributed by atoms with E-state index in [-0.39, 0.29) is 17.5 Å². The van der Waals surface area contributed by atoms with Crippen LogP contribution in [0.1, 0.15) is 25.3 Å². The van der Waals surface area contributed by atoms with Crippen molar-refractivity contribution in [2.24, 2.45) is 0 Å². The molecule has 8 heteroatoms. The van der Waals surface area contributed by atoms with E-state index in [1.165, 1.54) is 17.0 Å². The molecule has 0 aliphatic carbocycles. The van der Waals surface area contributed by atoms with Gasteiger partial charge in [-0.2, -0.15) is 0 Å². The van der Waals surface area contributed by atoms with Gasteiger partial charge in [0.25, 0.3) is 17.5 Å². The summed E-state index contributed by atoms with van der Waals surface area (Å²) in [6.45, 7) is 5.08. The van der Waals surface area contributed by atoms with E-state index in [2.05, 4.69) is 17.0 Å². The van der Waals surface area contributed by atoms with Crippen LogP contribution in [0.5, 0.6) is 0 Å². The summed E-state index contributed by atoms with van der Waals surface area (Å²) >= 11 is 0. The highest BCUT2D eigenvalue weighted by molar-refractivity contribution is 6.35. The van der Waals surface area contributed by atoms with Crippen molar-refractivity contribution in [1.82, 2.24) is 9.80 Å². The fourth-order valence-electron chi connectivity index (χ4n) is 4.21. The molecule has 2 aliphatic heterocycles. The molecule has 2 aromatic carbocycles. The first-order valence-electron chi connectivity index (χ1n) is 10.9. The van der Waals surface area contributed by atoms with Crippen LogP contribution in [0.3, 0.4) is 0 Å². The molecule has 166 valence electrons. The normalized spacial score (nSPS) is 16.8. The van der Waals surface area contributed by atoms with Gasteiger partial charge in [0, 0.05) is 50.5 Å². The summed E-state index contributed by atoms with van der Waals surface area (Å²) in [7, 11) is 0. The molecule has 4 rings (SSSR count). The molecule has 0 bridgehead atoms. The van der Waals surface area contributed by atoms with Gasteiger partial charge >= 0.3 is 0 Å². The van der Waals surface area contributed by atoms with Crippen LogP contribution in [0.25, 0.3) is 5.57 Å². The minimum Gasteiger partial charge on any atom is -0.368 e. The van der Waals surface area contributed by atoms with Gasteiger partial charge < -0.3 is 9.80 Å². The molecule has 2 heterocycles. The lowest BCUT2D eigenvalue weighted by atomic mass is 10.0. The molecule has 32 heavy (non-hydrogen) atoms. The zero-order valence-electron chi connectivity index (χ0n) is 18.1. The Morgan fingerprint density at radius 2 is 1.50 bits per heavy atom. The van der Waals surface area contributed by atoms with Gasteiger partial charge in [-0.1, -0.05) is 31.5 Å². The number of nitrogens with zero attached hydrogens (tertiary/aromatic N) is 4. The molecule has 1 saturated heterocycles. The molecule has 2 aromatic rings. The summed E-state index contributed by atoms with van der Waals surface area (Å²) in [5.41, 5.74) is 2.37. The number of hydrogen-bond donors (Lipinski definition) is 0. The minimum atomic E-state index is -0.475. The SMILES string of the molecule is CCCCN1C(=O)C(c2ccc([N+](=O)[O-])cc2)=C(N2CCN(c3ccccc3)CC2)C1=O.